The molecule has 2 heterocycles. The van der Waals surface area contributed by atoms with Crippen molar-refractivity contribution in [3.8, 4) is 33.7 Å². The van der Waals surface area contributed by atoms with Crippen molar-refractivity contribution in [2.75, 3.05) is 4.90 Å². The van der Waals surface area contributed by atoms with Gasteiger partial charge >= 0.3 is 0 Å². The number of furan rings is 1. The van der Waals surface area contributed by atoms with Crippen LogP contribution in [0.4, 0.5) is 17.1 Å². The number of aromatic nitrogens is 1. The molecule has 0 atom stereocenters. The number of oxazole rings is 1. The van der Waals surface area contributed by atoms with E-state index in [0.717, 1.165) is 61.2 Å². The van der Waals surface area contributed by atoms with Gasteiger partial charge in [-0.2, -0.15) is 0 Å². The number of fused-ring (bicyclic) bond motifs is 4. The van der Waals surface area contributed by atoms with Gasteiger partial charge < -0.3 is 13.7 Å². The highest BCUT2D eigenvalue weighted by Gasteiger charge is 2.16. The molecule has 2 aromatic heterocycles. The quantitative estimate of drug-likeness (QED) is 0.189. The molecule has 0 saturated heterocycles. The van der Waals surface area contributed by atoms with Crippen molar-refractivity contribution in [2.24, 2.45) is 0 Å². The van der Waals surface area contributed by atoms with Crippen LogP contribution in [0, 0.1) is 0 Å². The molecular formula is C43H28N2O2. The summed E-state index contributed by atoms with van der Waals surface area (Å²) in [6.45, 7) is 0. The molecule has 0 aliphatic heterocycles. The van der Waals surface area contributed by atoms with Crippen LogP contribution in [-0.2, 0) is 0 Å². The van der Waals surface area contributed by atoms with Crippen molar-refractivity contribution < 1.29 is 8.83 Å². The summed E-state index contributed by atoms with van der Waals surface area (Å²) < 4.78 is 12.4. The molecule has 0 amide bonds. The standard InChI is InChI=1S/C43H28N2O2/c1-4-10-29(11-5-1)30-16-21-35(22-17-30)45(34-14-8-3-9-15-34)36-23-18-31(19-24-36)33-20-25-40-37(26-33)38-27-39-42(28-41(38)46-40)47-43(44-39)32-12-6-2-7-13-32/h1-28H. The summed E-state index contributed by atoms with van der Waals surface area (Å²) in [5.41, 5.74) is 12.0. The van der Waals surface area contributed by atoms with E-state index in [1.54, 1.807) is 0 Å². The fourth-order valence-electron chi connectivity index (χ4n) is 6.34. The summed E-state index contributed by atoms with van der Waals surface area (Å²) in [4.78, 5) is 7.07. The topological polar surface area (TPSA) is 42.4 Å². The Morgan fingerprint density at radius 2 is 0.872 bits per heavy atom. The second-order valence-electron chi connectivity index (χ2n) is 11.6. The van der Waals surface area contributed by atoms with Crippen molar-refractivity contribution in [3.05, 3.63) is 170 Å². The van der Waals surface area contributed by atoms with E-state index in [1.165, 1.54) is 11.1 Å². The van der Waals surface area contributed by atoms with Crippen LogP contribution in [0.1, 0.15) is 0 Å². The molecular weight excluding hydrogens is 576 g/mol. The largest absolute Gasteiger partial charge is 0.456 e. The predicted molar refractivity (Wildman–Crippen MR) is 192 cm³/mol. The smallest absolute Gasteiger partial charge is 0.227 e. The van der Waals surface area contributed by atoms with Crippen LogP contribution >= 0.6 is 0 Å². The molecule has 4 nitrogen and oxygen atoms in total. The van der Waals surface area contributed by atoms with E-state index in [1.807, 2.05) is 48.5 Å². The molecule has 0 aliphatic carbocycles. The van der Waals surface area contributed by atoms with E-state index in [9.17, 15) is 0 Å². The molecule has 0 N–H and O–H groups in total. The van der Waals surface area contributed by atoms with Gasteiger partial charge in [0.05, 0.1) is 0 Å². The molecule has 0 radical (unpaired) electrons. The lowest BCUT2D eigenvalue weighted by molar-refractivity contribution is 0.617. The van der Waals surface area contributed by atoms with Gasteiger partial charge in [-0.25, -0.2) is 4.98 Å². The monoisotopic (exact) mass is 604 g/mol. The Morgan fingerprint density at radius 3 is 1.53 bits per heavy atom. The average molecular weight is 605 g/mol. The highest BCUT2D eigenvalue weighted by molar-refractivity contribution is 6.10. The summed E-state index contributed by atoms with van der Waals surface area (Å²) in [5, 5.41) is 2.07. The maximum atomic E-state index is 6.26. The van der Waals surface area contributed by atoms with Crippen LogP contribution in [0.15, 0.2) is 179 Å². The Kier molecular flexibility index (Phi) is 6.43. The van der Waals surface area contributed by atoms with Gasteiger partial charge in [-0.05, 0) is 89.0 Å². The van der Waals surface area contributed by atoms with E-state index in [-0.39, 0.29) is 0 Å². The summed E-state index contributed by atoms with van der Waals surface area (Å²) in [5.74, 6) is 0.607. The highest BCUT2D eigenvalue weighted by Crippen LogP contribution is 2.39. The predicted octanol–water partition coefficient (Wildman–Crippen LogP) is 12.2. The van der Waals surface area contributed by atoms with Gasteiger partial charge in [0.15, 0.2) is 5.58 Å². The van der Waals surface area contributed by atoms with Gasteiger partial charge in [0, 0.05) is 39.5 Å². The van der Waals surface area contributed by atoms with Gasteiger partial charge in [0.2, 0.25) is 5.89 Å². The van der Waals surface area contributed by atoms with Crippen molar-refractivity contribution >= 4 is 50.1 Å². The summed E-state index contributed by atoms with van der Waals surface area (Å²) in [6.07, 6.45) is 0. The van der Waals surface area contributed by atoms with E-state index in [0.29, 0.717) is 11.5 Å². The number of nitrogens with zero attached hydrogens (tertiary/aromatic N) is 2. The molecule has 0 bridgehead atoms. The lowest BCUT2D eigenvalue weighted by Gasteiger charge is -2.26. The molecule has 0 spiro atoms. The first kappa shape index (κ1) is 27.0. The van der Waals surface area contributed by atoms with Crippen LogP contribution in [-0.4, -0.2) is 4.98 Å². The van der Waals surface area contributed by atoms with E-state index < -0.39 is 0 Å². The zero-order chi connectivity index (χ0) is 31.2. The number of anilines is 3. The van der Waals surface area contributed by atoms with Gasteiger partial charge in [-0.15, -0.1) is 0 Å². The minimum absolute atomic E-state index is 0.607. The lowest BCUT2D eigenvalue weighted by Crippen LogP contribution is -2.09. The zero-order valence-corrected chi connectivity index (χ0v) is 25.4. The molecule has 9 rings (SSSR count). The Labute approximate surface area is 271 Å². The van der Waals surface area contributed by atoms with E-state index in [4.69, 9.17) is 13.8 Å². The van der Waals surface area contributed by atoms with Gasteiger partial charge in [-0.3, -0.25) is 0 Å². The van der Waals surface area contributed by atoms with Crippen molar-refractivity contribution in [1.29, 1.82) is 0 Å². The minimum Gasteiger partial charge on any atom is -0.456 e. The summed E-state index contributed by atoms with van der Waals surface area (Å²) in [6, 6.07) is 58.8. The number of hydrogen-bond acceptors (Lipinski definition) is 4. The van der Waals surface area contributed by atoms with Gasteiger partial charge in [0.1, 0.15) is 16.7 Å². The summed E-state index contributed by atoms with van der Waals surface area (Å²) in [7, 11) is 0. The maximum absolute atomic E-state index is 6.26. The van der Waals surface area contributed by atoms with Gasteiger partial charge in [-0.1, -0.05) is 97.1 Å². The lowest BCUT2D eigenvalue weighted by atomic mass is 10.0. The van der Waals surface area contributed by atoms with Crippen LogP contribution in [0.5, 0.6) is 0 Å². The van der Waals surface area contributed by atoms with E-state index in [2.05, 4.69) is 126 Å². The Hall–Kier alpha value is -6.39. The van der Waals surface area contributed by atoms with Crippen LogP contribution in [0.3, 0.4) is 0 Å². The Morgan fingerprint density at radius 1 is 0.362 bits per heavy atom. The summed E-state index contributed by atoms with van der Waals surface area (Å²) >= 11 is 0. The SMILES string of the molecule is c1ccc(-c2ccc(N(c3ccccc3)c3ccc(-c4ccc5oc6cc7oc(-c8ccccc8)nc7cc6c5c4)cc3)cc2)cc1. The third-order valence-corrected chi connectivity index (χ3v) is 8.71. The first-order valence-corrected chi connectivity index (χ1v) is 15.7. The normalized spacial score (nSPS) is 11.4. The molecule has 47 heavy (non-hydrogen) atoms. The van der Waals surface area contributed by atoms with Gasteiger partial charge in [0.25, 0.3) is 0 Å². The Bertz CT molecular complexity index is 2480. The molecule has 222 valence electrons. The first-order valence-electron chi connectivity index (χ1n) is 15.7. The van der Waals surface area contributed by atoms with Crippen molar-refractivity contribution in [3.63, 3.8) is 0 Å². The van der Waals surface area contributed by atoms with Crippen molar-refractivity contribution in [2.45, 2.75) is 0 Å². The molecule has 0 unspecified atom stereocenters. The highest BCUT2D eigenvalue weighted by atomic mass is 16.4. The third-order valence-electron chi connectivity index (χ3n) is 8.71. The second-order valence-corrected chi connectivity index (χ2v) is 11.6. The van der Waals surface area contributed by atoms with E-state index >= 15 is 0 Å². The fraction of sp³-hybridized carbons (Fsp3) is 0. The fourth-order valence-corrected chi connectivity index (χ4v) is 6.34. The first-order chi connectivity index (χ1) is 23.3. The Balaban J connectivity index is 1.07. The van der Waals surface area contributed by atoms with Crippen molar-refractivity contribution in [1.82, 2.24) is 4.98 Å². The molecule has 7 aromatic carbocycles. The van der Waals surface area contributed by atoms with Crippen LogP contribution in [0.25, 0.3) is 66.7 Å². The maximum Gasteiger partial charge on any atom is 0.227 e. The number of rotatable bonds is 6. The second kappa shape index (κ2) is 11.2. The molecule has 9 aromatic rings. The zero-order valence-electron chi connectivity index (χ0n) is 25.4. The molecule has 4 heteroatoms. The number of hydrogen-bond donors (Lipinski definition) is 0. The number of para-hydroxylation sites is 1. The third kappa shape index (κ3) is 4.93. The molecule has 0 saturated carbocycles. The average Bonchev–Trinajstić information content (AvgIpc) is 3.73. The minimum atomic E-state index is 0.607. The number of benzene rings is 7. The van der Waals surface area contributed by atoms with Crippen LogP contribution < -0.4 is 4.90 Å². The molecule has 0 aliphatic rings. The van der Waals surface area contributed by atoms with Crippen LogP contribution in [0.2, 0.25) is 0 Å². The molecule has 0 fully saturated rings.